The predicted octanol–water partition coefficient (Wildman–Crippen LogP) is 8.23. The minimum absolute atomic E-state index is 0.247. The fourth-order valence-electron chi connectivity index (χ4n) is 3.29. The Hall–Kier alpha value is -1.47. The van der Waals surface area contributed by atoms with Gasteiger partial charge in [0, 0.05) is 17.2 Å². The molecule has 7 heteroatoms. The van der Waals surface area contributed by atoms with E-state index < -0.39 is 0 Å². The second-order valence-corrected chi connectivity index (χ2v) is 10.3. The Morgan fingerprint density at radius 2 is 1.12 bits per heavy atom. The first kappa shape index (κ1) is 26.8. The summed E-state index contributed by atoms with van der Waals surface area (Å²) in [7, 11) is 0. The molecule has 0 radical (unpaired) electrons. The van der Waals surface area contributed by atoms with Gasteiger partial charge in [-0.25, -0.2) is 0 Å². The number of phenols is 1. The Morgan fingerprint density at radius 3 is 1.62 bits per heavy atom. The zero-order valence-electron chi connectivity index (χ0n) is 19.8. The second kappa shape index (κ2) is 17.1. The molecule has 0 aliphatic heterocycles. The van der Waals surface area contributed by atoms with Crippen LogP contribution in [0.1, 0.15) is 90.9 Å². The number of nitrogens with zero attached hydrogens (tertiary/aromatic N) is 3. The molecule has 0 saturated carbocycles. The van der Waals surface area contributed by atoms with Crippen molar-refractivity contribution >= 4 is 35.2 Å². The molecule has 0 atom stereocenters. The molecule has 0 bridgehead atoms. The van der Waals surface area contributed by atoms with Crippen molar-refractivity contribution in [1.82, 2.24) is 15.0 Å². The highest BCUT2D eigenvalue weighted by molar-refractivity contribution is 7.99. The van der Waals surface area contributed by atoms with E-state index in [-0.39, 0.29) is 5.75 Å². The number of hydrogen-bond donors (Lipinski definition) is 2. The zero-order chi connectivity index (χ0) is 22.9. The second-order valence-electron chi connectivity index (χ2n) is 8.13. The fourth-order valence-corrected chi connectivity index (χ4v) is 5.01. The van der Waals surface area contributed by atoms with Gasteiger partial charge in [-0.3, -0.25) is 0 Å². The zero-order valence-corrected chi connectivity index (χ0v) is 21.4. The lowest BCUT2D eigenvalue weighted by atomic mass is 10.1. The maximum atomic E-state index is 9.51. The van der Waals surface area contributed by atoms with Crippen molar-refractivity contribution in [2.45, 2.75) is 101 Å². The summed E-state index contributed by atoms with van der Waals surface area (Å²) in [4.78, 5) is 14.0. The van der Waals surface area contributed by atoms with E-state index in [2.05, 4.69) is 29.1 Å². The van der Waals surface area contributed by atoms with Crippen molar-refractivity contribution in [3.8, 4) is 5.75 Å². The number of thioether (sulfide) groups is 2. The van der Waals surface area contributed by atoms with Crippen LogP contribution >= 0.6 is 23.5 Å². The van der Waals surface area contributed by atoms with Crippen LogP contribution in [0.15, 0.2) is 34.6 Å². The Kier molecular flexibility index (Phi) is 14.3. The molecule has 1 aromatic heterocycles. The van der Waals surface area contributed by atoms with E-state index in [9.17, 15) is 5.11 Å². The molecule has 0 spiro atoms. The van der Waals surface area contributed by atoms with E-state index in [1.54, 1.807) is 35.7 Å². The van der Waals surface area contributed by atoms with Gasteiger partial charge < -0.3 is 10.4 Å². The summed E-state index contributed by atoms with van der Waals surface area (Å²) in [6.07, 6.45) is 15.5. The number of benzene rings is 1. The molecule has 0 fully saturated rings. The van der Waals surface area contributed by atoms with E-state index >= 15 is 0 Å². The normalized spacial score (nSPS) is 11.1. The molecule has 178 valence electrons. The molecule has 0 amide bonds. The van der Waals surface area contributed by atoms with Crippen LogP contribution in [0.2, 0.25) is 0 Å². The van der Waals surface area contributed by atoms with Crippen molar-refractivity contribution in [3.05, 3.63) is 24.3 Å². The number of unbranched alkanes of at least 4 members (excludes halogenated alkanes) is 10. The molecule has 2 N–H and O–H groups in total. The molecule has 1 aromatic carbocycles. The summed E-state index contributed by atoms with van der Waals surface area (Å²) in [6, 6.07) is 6.97. The summed E-state index contributed by atoms with van der Waals surface area (Å²) in [5.41, 5.74) is 0.854. The highest BCUT2D eigenvalue weighted by atomic mass is 32.2. The Balaban J connectivity index is 1.89. The van der Waals surface area contributed by atoms with Crippen molar-refractivity contribution in [1.29, 1.82) is 0 Å². The standard InChI is InChI=1S/C25H40N4OS2/c1-3-5-7-9-11-13-19-31-24-27-23(26-21-15-17-22(30)18-16-21)28-25(29-24)32-20-14-12-10-8-6-4-2/h15-18,30H,3-14,19-20H2,1-2H3,(H,26,27,28,29). The van der Waals surface area contributed by atoms with Gasteiger partial charge >= 0.3 is 0 Å². The van der Waals surface area contributed by atoms with Gasteiger partial charge in [0.15, 0.2) is 10.3 Å². The maximum Gasteiger partial charge on any atom is 0.232 e. The minimum atomic E-state index is 0.247. The average Bonchev–Trinajstić information content (AvgIpc) is 2.79. The Labute approximate surface area is 203 Å². The minimum Gasteiger partial charge on any atom is -0.508 e. The van der Waals surface area contributed by atoms with Gasteiger partial charge in [0.25, 0.3) is 0 Å². The van der Waals surface area contributed by atoms with Crippen molar-refractivity contribution < 1.29 is 5.11 Å². The van der Waals surface area contributed by atoms with E-state index in [1.165, 1.54) is 77.0 Å². The topological polar surface area (TPSA) is 70.9 Å². The quantitative estimate of drug-likeness (QED) is 0.127. The summed E-state index contributed by atoms with van der Waals surface area (Å²) in [6.45, 7) is 4.50. The van der Waals surface area contributed by atoms with Gasteiger partial charge in [-0.15, -0.1) is 0 Å². The van der Waals surface area contributed by atoms with Crippen LogP contribution in [0.5, 0.6) is 5.75 Å². The van der Waals surface area contributed by atoms with Crippen molar-refractivity contribution in [3.63, 3.8) is 0 Å². The molecule has 32 heavy (non-hydrogen) atoms. The summed E-state index contributed by atoms with van der Waals surface area (Å²) in [5.74, 6) is 2.89. The molecular weight excluding hydrogens is 436 g/mol. The van der Waals surface area contributed by atoms with Crippen LogP contribution in [-0.4, -0.2) is 31.6 Å². The highest BCUT2D eigenvalue weighted by Crippen LogP contribution is 2.24. The van der Waals surface area contributed by atoms with Crippen LogP contribution in [0.3, 0.4) is 0 Å². The number of phenolic OH excluding ortho intramolecular Hbond substituents is 1. The van der Waals surface area contributed by atoms with Gasteiger partial charge in [0.2, 0.25) is 5.95 Å². The van der Waals surface area contributed by atoms with Crippen molar-refractivity contribution in [2.75, 3.05) is 16.8 Å². The third kappa shape index (κ3) is 12.0. The van der Waals surface area contributed by atoms with Gasteiger partial charge in [-0.05, 0) is 37.1 Å². The smallest absolute Gasteiger partial charge is 0.232 e. The monoisotopic (exact) mass is 476 g/mol. The first-order valence-electron chi connectivity index (χ1n) is 12.3. The largest absolute Gasteiger partial charge is 0.508 e. The predicted molar refractivity (Wildman–Crippen MR) is 139 cm³/mol. The number of hydrogen-bond acceptors (Lipinski definition) is 7. The van der Waals surface area contributed by atoms with Crippen LogP contribution in [0.4, 0.5) is 11.6 Å². The third-order valence-electron chi connectivity index (χ3n) is 5.18. The van der Waals surface area contributed by atoms with Gasteiger partial charge in [-0.2, -0.15) is 15.0 Å². The maximum absolute atomic E-state index is 9.51. The number of aromatic nitrogens is 3. The highest BCUT2D eigenvalue weighted by Gasteiger charge is 2.09. The van der Waals surface area contributed by atoms with Crippen molar-refractivity contribution in [2.24, 2.45) is 0 Å². The number of anilines is 2. The molecule has 1 heterocycles. The molecule has 2 aromatic rings. The fraction of sp³-hybridized carbons (Fsp3) is 0.640. The number of nitrogens with one attached hydrogen (secondary N) is 1. The molecular formula is C25H40N4OS2. The molecule has 0 aliphatic rings. The third-order valence-corrected chi connectivity index (χ3v) is 7.04. The van der Waals surface area contributed by atoms with Gasteiger partial charge in [-0.1, -0.05) is 102 Å². The van der Waals surface area contributed by atoms with E-state index in [1.807, 2.05) is 12.1 Å². The molecule has 2 rings (SSSR count). The molecule has 0 aliphatic carbocycles. The molecule has 5 nitrogen and oxygen atoms in total. The number of aromatic hydroxyl groups is 1. The molecule has 0 unspecified atom stereocenters. The SMILES string of the molecule is CCCCCCCCSc1nc(Nc2ccc(O)cc2)nc(SCCCCCCCC)n1. The summed E-state index contributed by atoms with van der Waals surface area (Å²) >= 11 is 3.45. The summed E-state index contributed by atoms with van der Waals surface area (Å²) in [5, 5.41) is 14.4. The first-order valence-corrected chi connectivity index (χ1v) is 14.3. The van der Waals surface area contributed by atoms with E-state index in [0.29, 0.717) is 5.95 Å². The summed E-state index contributed by atoms with van der Waals surface area (Å²) < 4.78 is 0. The first-order chi connectivity index (χ1) is 15.7. The van der Waals surface area contributed by atoms with Crippen LogP contribution < -0.4 is 5.32 Å². The van der Waals surface area contributed by atoms with E-state index in [4.69, 9.17) is 4.98 Å². The lowest BCUT2D eigenvalue weighted by Gasteiger charge is -2.09. The van der Waals surface area contributed by atoms with Gasteiger partial charge in [0.05, 0.1) is 0 Å². The Morgan fingerprint density at radius 1 is 0.656 bits per heavy atom. The van der Waals surface area contributed by atoms with Crippen LogP contribution in [0, 0.1) is 0 Å². The van der Waals surface area contributed by atoms with E-state index in [0.717, 1.165) is 27.5 Å². The number of rotatable bonds is 18. The van der Waals surface area contributed by atoms with Crippen LogP contribution in [0.25, 0.3) is 0 Å². The average molecular weight is 477 g/mol. The van der Waals surface area contributed by atoms with Gasteiger partial charge in [0.1, 0.15) is 5.75 Å². The van der Waals surface area contributed by atoms with Crippen LogP contribution in [-0.2, 0) is 0 Å². The molecule has 0 saturated heterocycles. The Bertz CT molecular complexity index is 707. The lowest BCUT2D eigenvalue weighted by molar-refractivity contribution is 0.475. The lowest BCUT2D eigenvalue weighted by Crippen LogP contribution is -2.02.